The number of nitrogens with zero attached hydrogens (tertiary/aromatic N) is 4. The summed E-state index contributed by atoms with van der Waals surface area (Å²) in [7, 11) is 3.45. The van der Waals surface area contributed by atoms with Crippen molar-refractivity contribution >= 4 is 28.5 Å². The van der Waals surface area contributed by atoms with Crippen LogP contribution in [0.25, 0.3) is 22.2 Å². The summed E-state index contributed by atoms with van der Waals surface area (Å²) in [5, 5.41) is 4.93. The molecule has 5 nitrogen and oxygen atoms in total. The highest BCUT2D eigenvalue weighted by atomic mass is 35.5. The van der Waals surface area contributed by atoms with E-state index in [9.17, 15) is 4.79 Å². The molecule has 2 aromatic heterocycles. The molecule has 3 rings (SSSR count). The molecule has 0 N–H and O–H groups in total. The molecule has 1 amide bonds. The van der Waals surface area contributed by atoms with Crippen molar-refractivity contribution in [3.8, 4) is 11.1 Å². The summed E-state index contributed by atoms with van der Waals surface area (Å²) in [4.78, 5) is 17.8. The standard InChI is InChI=1S/C16H15ClN4O/c1-20(2)16(22)10-21-15-7-12(8-18-14(15)9-19-21)11-4-3-5-13(17)6-11/h3-9H,10H2,1-2H3. The van der Waals surface area contributed by atoms with Crippen LogP contribution in [0.1, 0.15) is 0 Å². The average Bonchev–Trinajstić information content (AvgIpc) is 2.89. The van der Waals surface area contributed by atoms with Crippen molar-refractivity contribution in [1.82, 2.24) is 19.7 Å². The summed E-state index contributed by atoms with van der Waals surface area (Å²) in [5.74, 6) is -0.0156. The molecule has 22 heavy (non-hydrogen) atoms. The van der Waals surface area contributed by atoms with Gasteiger partial charge in [0.1, 0.15) is 12.1 Å². The number of carbonyl (C=O) groups excluding carboxylic acids is 1. The number of pyridine rings is 1. The minimum Gasteiger partial charge on any atom is -0.347 e. The molecule has 2 heterocycles. The summed E-state index contributed by atoms with van der Waals surface area (Å²) >= 11 is 6.04. The molecule has 0 unspecified atom stereocenters. The van der Waals surface area contributed by atoms with Crippen molar-refractivity contribution in [2.75, 3.05) is 14.1 Å². The van der Waals surface area contributed by atoms with Crippen LogP contribution >= 0.6 is 11.6 Å². The third-order valence-corrected chi connectivity index (χ3v) is 3.67. The summed E-state index contributed by atoms with van der Waals surface area (Å²) in [6, 6.07) is 9.56. The van der Waals surface area contributed by atoms with Crippen molar-refractivity contribution in [3.05, 3.63) is 47.7 Å². The lowest BCUT2D eigenvalue weighted by molar-refractivity contribution is -0.129. The first-order valence-electron chi connectivity index (χ1n) is 6.82. The van der Waals surface area contributed by atoms with E-state index in [-0.39, 0.29) is 12.5 Å². The zero-order chi connectivity index (χ0) is 15.7. The largest absolute Gasteiger partial charge is 0.347 e. The van der Waals surface area contributed by atoms with E-state index in [0.717, 1.165) is 22.2 Å². The minimum atomic E-state index is -0.0156. The van der Waals surface area contributed by atoms with Gasteiger partial charge in [0.2, 0.25) is 5.91 Å². The first-order valence-corrected chi connectivity index (χ1v) is 7.20. The molecule has 1 aromatic carbocycles. The number of carbonyl (C=O) groups is 1. The van der Waals surface area contributed by atoms with Crippen molar-refractivity contribution < 1.29 is 4.79 Å². The maximum atomic E-state index is 11.9. The Hall–Kier alpha value is -2.40. The number of hydrogen-bond donors (Lipinski definition) is 0. The monoisotopic (exact) mass is 314 g/mol. The van der Waals surface area contributed by atoms with Crippen LogP contribution in [0, 0.1) is 0 Å². The molecular weight excluding hydrogens is 300 g/mol. The second-order valence-corrected chi connectivity index (χ2v) is 5.67. The third-order valence-electron chi connectivity index (χ3n) is 3.44. The summed E-state index contributed by atoms with van der Waals surface area (Å²) < 4.78 is 1.67. The number of aromatic nitrogens is 3. The van der Waals surface area contributed by atoms with Gasteiger partial charge in [0.15, 0.2) is 0 Å². The van der Waals surface area contributed by atoms with E-state index < -0.39 is 0 Å². The van der Waals surface area contributed by atoms with E-state index in [4.69, 9.17) is 11.6 Å². The highest BCUT2D eigenvalue weighted by Gasteiger charge is 2.11. The van der Waals surface area contributed by atoms with Gasteiger partial charge in [-0.05, 0) is 23.8 Å². The molecule has 0 aliphatic heterocycles. The lowest BCUT2D eigenvalue weighted by Crippen LogP contribution is -2.26. The van der Waals surface area contributed by atoms with E-state index in [1.54, 1.807) is 36.1 Å². The smallest absolute Gasteiger partial charge is 0.243 e. The zero-order valence-electron chi connectivity index (χ0n) is 12.3. The zero-order valence-corrected chi connectivity index (χ0v) is 13.1. The molecule has 0 spiro atoms. The Kier molecular flexibility index (Phi) is 3.81. The van der Waals surface area contributed by atoms with E-state index in [2.05, 4.69) is 10.1 Å². The molecule has 0 fully saturated rings. The number of halogens is 1. The van der Waals surface area contributed by atoms with Crippen LogP contribution in [0.5, 0.6) is 0 Å². The average molecular weight is 315 g/mol. The van der Waals surface area contributed by atoms with Crippen molar-refractivity contribution in [1.29, 1.82) is 0 Å². The van der Waals surface area contributed by atoms with Crippen molar-refractivity contribution in [3.63, 3.8) is 0 Å². The maximum absolute atomic E-state index is 11.9. The van der Waals surface area contributed by atoms with Gasteiger partial charge in [-0.1, -0.05) is 23.7 Å². The fourth-order valence-electron chi connectivity index (χ4n) is 2.18. The Balaban J connectivity index is 2.03. The number of fused-ring (bicyclic) bond motifs is 1. The Morgan fingerprint density at radius 2 is 2.05 bits per heavy atom. The van der Waals surface area contributed by atoms with Gasteiger partial charge in [0.05, 0.1) is 11.7 Å². The van der Waals surface area contributed by atoms with Gasteiger partial charge in [-0.15, -0.1) is 0 Å². The first kappa shape index (κ1) is 14.5. The molecule has 3 aromatic rings. The van der Waals surface area contributed by atoms with E-state index in [1.807, 2.05) is 30.3 Å². The molecule has 0 saturated carbocycles. The predicted molar refractivity (Wildman–Crippen MR) is 86.7 cm³/mol. The predicted octanol–water partition coefficient (Wildman–Crippen LogP) is 2.84. The highest BCUT2D eigenvalue weighted by Crippen LogP contribution is 2.25. The quantitative estimate of drug-likeness (QED) is 0.747. The molecule has 0 aliphatic carbocycles. The topological polar surface area (TPSA) is 51.0 Å². The Morgan fingerprint density at radius 3 is 2.77 bits per heavy atom. The molecular formula is C16H15ClN4O. The lowest BCUT2D eigenvalue weighted by atomic mass is 10.1. The third kappa shape index (κ3) is 2.80. The first-order chi connectivity index (χ1) is 10.5. The van der Waals surface area contributed by atoms with Gasteiger partial charge in [-0.25, -0.2) is 0 Å². The Labute approximate surface area is 133 Å². The van der Waals surface area contributed by atoms with Crippen molar-refractivity contribution in [2.45, 2.75) is 6.54 Å². The normalized spacial score (nSPS) is 10.9. The van der Waals surface area contributed by atoms with E-state index in [0.29, 0.717) is 5.02 Å². The van der Waals surface area contributed by atoms with Gasteiger partial charge < -0.3 is 4.90 Å². The second kappa shape index (κ2) is 5.77. The fraction of sp³-hybridized carbons (Fsp3) is 0.188. The van der Waals surface area contributed by atoms with Crippen LogP contribution < -0.4 is 0 Å². The van der Waals surface area contributed by atoms with Gasteiger partial charge in [-0.2, -0.15) is 5.10 Å². The van der Waals surface area contributed by atoms with Gasteiger partial charge in [0, 0.05) is 30.9 Å². The highest BCUT2D eigenvalue weighted by molar-refractivity contribution is 6.30. The molecule has 0 aliphatic rings. The molecule has 6 heteroatoms. The van der Waals surface area contributed by atoms with Crippen LogP contribution in [-0.4, -0.2) is 39.7 Å². The molecule has 0 atom stereocenters. The van der Waals surface area contributed by atoms with Crippen LogP contribution in [-0.2, 0) is 11.3 Å². The number of hydrogen-bond acceptors (Lipinski definition) is 3. The number of likely N-dealkylation sites (N-methyl/N-ethyl adjacent to an activating group) is 1. The second-order valence-electron chi connectivity index (χ2n) is 5.23. The van der Waals surface area contributed by atoms with Gasteiger partial charge in [-0.3, -0.25) is 14.5 Å². The van der Waals surface area contributed by atoms with Gasteiger partial charge >= 0.3 is 0 Å². The van der Waals surface area contributed by atoms with Crippen LogP contribution in [0.2, 0.25) is 5.02 Å². The van der Waals surface area contributed by atoms with E-state index >= 15 is 0 Å². The molecule has 112 valence electrons. The fourth-order valence-corrected chi connectivity index (χ4v) is 2.37. The molecule has 0 saturated heterocycles. The van der Waals surface area contributed by atoms with Crippen LogP contribution in [0.3, 0.4) is 0 Å². The van der Waals surface area contributed by atoms with Crippen LogP contribution in [0.4, 0.5) is 0 Å². The molecule has 0 radical (unpaired) electrons. The number of rotatable bonds is 3. The lowest BCUT2D eigenvalue weighted by Gasteiger charge is -2.10. The SMILES string of the molecule is CN(C)C(=O)Cn1ncc2ncc(-c3cccc(Cl)c3)cc21. The van der Waals surface area contributed by atoms with Crippen LogP contribution in [0.15, 0.2) is 42.7 Å². The van der Waals surface area contributed by atoms with Crippen molar-refractivity contribution in [2.24, 2.45) is 0 Å². The summed E-state index contributed by atoms with van der Waals surface area (Å²) in [6.07, 6.45) is 3.45. The Bertz CT molecular complexity index is 841. The van der Waals surface area contributed by atoms with Gasteiger partial charge in [0.25, 0.3) is 0 Å². The molecule has 0 bridgehead atoms. The number of amides is 1. The Morgan fingerprint density at radius 1 is 1.23 bits per heavy atom. The van der Waals surface area contributed by atoms with E-state index in [1.165, 1.54) is 0 Å². The number of benzene rings is 1. The maximum Gasteiger partial charge on any atom is 0.243 e. The summed E-state index contributed by atoms with van der Waals surface area (Å²) in [6.45, 7) is 0.192. The summed E-state index contributed by atoms with van der Waals surface area (Å²) in [5.41, 5.74) is 3.51. The minimum absolute atomic E-state index is 0.0156.